The molecule has 0 aromatic heterocycles. The van der Waals surface area contributed by atoms with Crippen LogP contribution < -0.4 is 4.90 Å². The highest BCUT2D eigenvalue weighted by atomic mass is 16.2. The molecule has 0 spiro atoms. The Morgan fingerprint density at radius 3 is 1.94 bits per heavy atom. The number of carbonyl (C=O) groups excluding carboxylic acids is 3. The van der Waals surface area contributed by atoms with E-state index in [9.17, 15) is 14.4 Å². The molecule has 0 fully saturated rings. The first-order valence-electron chi connectivity index (χ1n) is 11.7. The number of amides is 1. The lowest BCUT2D eigenvalue weighted by Crippen LogP contribution is -2.53. The van der Waals surface area contributed by atoms with E-state index in [-0.39, 0.29) is 23.9 Å². The Morgan fingerprint density at radius 2 is 1.29 bits per heavy atom. The van der Waals surface area contributed by atoms with Crippen molar-refractivity contribution in [2.45, 2.75) is 25.3 Å². The van der Waals surface area contributed by atoms with Gasteiger partial charge >= 0.3 is 0 Å². The lowest BCUT2D eigenvalue weighted by molar-refractivity contribution is 0.0850. The fourth-order valence-electron chi connectivity index (χ4n) is 4.84. The van der Waals surface area contributed by atoms with Crippen LogP contribution in [0.25, 0.3) is 0 Å². The summed E-state index contributed by atoms with van der Waals surface area (Å²) in [5.74, 6) is -0.970. The predicted molar refractivity (Wildman–Crippen MR) is 137 cm³/mol. The summed E-state index contributed by atoms with van der Waals surface area (Å²) in [7, 11) is 0. The van der Waals surface area contributed by atoms with Crippen LogP contribution >= 0.6 is 0 Å². The van der Waals surface area contributed by atoms with Crippen molar-refractivity contribution in [3.05, 3.63) is 137 Å². The van der Waals surface area contributed by atoms with Crippen molar-refractivity contribution in [1.82, 2.24) is 0 Å². The van der Waals surface area contributed by atoms with Gasteiger partial charge in [-0.2, -0.15) is 0 Å². The van der Waals surface area contributed by atoms with Crippen LogP contribution in [0, 0.1) is 6.92 Å². The average molecular weight is 460 g/mol. The van der Waals surface area contributed by atoms with Gasteiger partial charge in [-0.25, -0.2) is 0 Å². The largest absolute Gasteiger partial charge is 0.297 e. The molecule has 4 aromatic carbocycles. The molecule has 172 valence electrons. The normalized spacial score (nSPS) is 17.1. The first-order chi connectivity index (χ1) is 17.0. The minimum absolute atomic E-state index is 0.0607. The molecule has 4 nitrogen and oxygen atoms in total. The van der Waals surface area contributed by atoms with Crippen molar-refractivity contribution in [3.8, 4) is 0 Å². The highest BCUT2D eigenvalue weighted by molar-refractivity contribution is 6.16. The Hall–Kier alpha value is -4.31. The van der Waals surface area contributed by atoms with E-state index in [1.807, 2.05) is 85.8 Å². The molecule has 1 amide bonds. The molecule has 4 heteroatoms. The van der Waals surface area contributed by atoms with E-state index in [4.69, 9.17) is 0 Å². The van der Waals surface area contributed by atoms with Gasteiger partial charge in [0.2, 0.25) is 0 Å². The standard InChI is InChI=1S/C31H25NO3/c1-21-16-18-24(19-17-21)32-29(30(34)23-12-6-3-7-13-23)27(20-28(33)22-10-4-2-5-11-22)25-14-8-9-15-26(25)31(32)35/h2-19,27,29H,20H2,1H3/t27-,29-/m0/s1. The van der Waals surface area contributed by atoms with Gasteiger partial charge in [-0.15, -0.1) is 0 Å². The van der Waals surface area contributed by atoms with Crippen molar-refractivity contribution in [3.63, 3.8) is 0 Å². The summed E-state index contributed by atoms with van der Waals surface area (Å²) in [6.45, 7) is 1.98. The van der Waals surface area contributed by atoms with Gasteiger partial charge in [0.1, 0.15) is 6.04 Å². The van der Waals surface area contributed by atoms with Crippen LogP contribution in [0.4, 0.5) is 5.69 Å². The Balaban J connectivity index is 1.68. The molecule has 0 saturated heterocycles. The molecule has 0 unspecified atom stereocenters. The highest BCUT2D eigenvalue weighted by Gasteiger charge is 2.45. The van der Waals surface area contributed by atoms with Gasteiger partial charge < -0.3 is 0 Å². The molecular formula is C31H25NO3. The molecule has 35 heavy (non-hydrogen) atoms. The van der Waals surface area contributed by atoms with Gasteiger partial charge in [-0.1, -0.05) is 96.6 Å². The number of carbonyl (C=O) groups is 3. The predicted octanol–water partition coefficient (Wildman–Crippen LogP) is 6.26. The van der Waals surface area contributed by atoms with Crippen molar-refractivity contribution < 1.29 is 14.4 Å². The van der Waals surface area contributed by atoms with Crippen molar-refractivity contribution in [1.29, 1.82) is 0 Å². The summed E-state index contributed by atoms with van der Waals surface area (Å²) in [5.41, 5.74) is 4.06. The van der Waals surface area contributed by atoms with Gasteiger partial charge in [-0.3, -0.25) is 19.3 Å². The van der Waals surface area contributed by atoms with Gasteiger partial charge in [0.25, 0.3) is 5.91 Å². The maximum atomic E-state index is 14.0. The molecule has 0 bridgehead atoms. The summed E-state index contributed by atoms with van der Waals surface area (Å²) in [6.07, 6.45) is 0.111. The van der Waals surface area contributed by atoms with E-state index in [1.165, 1.54) is 0 Å². The van der Waals surface area contributed by atoms with Crippen LogP contribution in [0.1, 0.15) is 54.5 Å². The maximum absolute atomic E-state index is 14.0. The second-order valence-corrected chi connectivity index (χ2v) is 8.87. The Kier molecular flexibility index (Phi) is 6.11. The zero-order chi connectivity index (χ0) is 24.4. The SMILES string of the molecule is Cc1ccc(N2C(=O)c3ccccc3[C@H](CC(=O)c3ccccc3)[C@H]2C(=O)c2ccccc2)cc1. The molecular weight excluding hydrogens is 434 g/mol. The number of ketones is 2. The Labute approximate surface area is 204 Å². The topological polar surface area (TPSA) is 54.5 Å². The zero-order valence-electron chi connectivity index (χ0n) is 19.4. The number of hydrogen-bond donors (Lipinski definition) is 0. The van der Waals surface area contributed by atoms with Crippen LogP contribution in [0.5, 0.6) is 0 Å². The van der Waals surface area contributed by atoms with Crippen molar-refractivity contribution in [2.75, 3.05) is 4.90 Å². The number of Topliss-reactive ketones (excluding diaryl/α,β-unsaturated/α-hetero) is 2. The van der Waals surface area contributed by atoms with E-state index in [0.717, 1.165) is 11.1 Å². The average Bonchev–Trinajstić information content (AvgIpc) is 2.91. The third-order valence-electron chi connectivity index (χ3n) is 6.61. The second-order valence-electron chi connectivity index (χ2n) is 8.87. The minimum Gasteiger partial charge on any atom is -0.297 e. The highest BCUT2D eigenvalue weighted by Crippen LogP contribution is 2.40. The van der Waals surface area contributed by atoms with Gasteiger partial charge in [0.05, 0.1) is 0 Å². The second kappa shape index (κ2) is 9.51. The third kappa shape index (κ3) is 4.31. The van der Waals surface area contributed by atoms with E-state index >= 15 is 0 Å². The van der Waals surface area contributed by atoms with Crippen LogP contribution in [0.3, 0.4) is 0 Å². The summed E-state index contributed by atoms with van der Waals surface area (Å²) >= 11 is 0. The van der Waals surface area contributed by atoms with Gasteiger partial charge in [0, 0.05) is 34.7 Å². The monoisotopic (exact) mass is 459 g/mol. The third-order valence-corrected chi connectivity index (χ3v) is 6.61. The first kappa shape index (κ1) is 22.5. The fourth-order valence-corrected chi connectivity index (χ4v) is 4.84. The summed E-state index contributed by atoms with van der Waals surface area (Å²) in [4.78, 5) is 42.8. The molecule has 0 aliphatic carbocycles. The number of hydrogen-bond acceptors (Lipinski definition) is 3. The van der Waals surface area contributed by atoms with Crippen LogP contribution in [-0.4, -0.2) is 23.5 Å². The first-order valence-corrected chi connectivity index (χ1v) is 11.7. The number of fused-ring (bicyclic) bond motifs is 1. The number of nitrogens with zero attached hydrogens (tertiary/aromatic N) is 1. The molecule has 1 heterocycles. The number of aryl methyl sites for hydroxylation is 1. The Bertz CT molecular complexity index is 1380. The molecule has 0 saturated carbocycles. The van der Waals surface area contributed by atoms with E-state index in [2.05, 4.69) is 0 Å². The van der Waals surface area contributed by atoms with Crippen LogP contribution in [-0.2, 0) is 0 Å². The van der Waals surface area contributed by atoms with Crippen LogP contribution in [0.2, 0.25) is 0 Å². The molecule has 0 radical (unpaired) electrons. The van der Waals surface area contributed by atoms with E-state index in [1.54, 1.807) is 35.2 Å². The van der Waals surface area contributed by atoms with Gasteiger partial charge in [0.15, 0.2) is 11.6 Å². The molecule has 4 aromatic rings. The summed E-state index contributed by atoms with van der Waals surface area (Å²) in [5, 5.41) is 0. The maximum Gasteiger partial charge on any atom is 0.259 e. The number of rotatable bonds is 6. The van der Waals surface area contributed by atoms with Crippen molar-refractivity contribution >= 4 is 23.2 Å². The fraction of sp³-hybridized carbons (Fsp3) is 0.129. The van der Waals surface area contributed by atoms with E-state index < -0.39 is 12.0 Å². The van der Waals surface area contributed by atoms with Crippen molar-refractivity contribution in [2.24, 2.45) is 0 Å². The lowest BCUT2D eigenvalue weighted by Gasteiger charge is -2.41. The lowest BCUT2D eigenvalue weighted by atomic mass is 9.76. The summed E-state index contributed by atoms with van der Waals surface area (Å²) in [6, 6.07) is 32.2. The zero-order valence-corrected chi connectivity index (χ0v) is 19.4. The van der Waals surface area contributed by atoms with E-state index in [0.29, 0.717) is 22.4 Å². The van der Waals surface area contributed by atoms with Crippen LogP contribution in [0.15, 0.2) is 109 Å². The number of anilines is 1. The molecule has 0 N–H and O–H groups in total. The molecule has 2 atom stereocenters. The molecule has 1 aliphatic heterocycles. The molecule has 5 rings (SSSR count). The quantitative estimate of drug-likeness (QED) is 0.320. The number of benzene rings is 4. The van der Waals surface area contributed by atoms with Gasteiger partial charge in [-0.05, 0) is 30.7 Å². The summed E-state index contributed by atoms with van der Waals surface area (Å²) < 4.78 is 0. The molecule has 1 aliphatic rings. The minimum atomic E-state index is -0.852. The Morgan fingerprint density at radius 1 is 0.714 bits per heavy atom. The smallest absolute Gasteiger partial charge is 0.259 e.